The van der Waals surface area contributed by atoms with Gasteiger partial charge in [0.2, 0.25) is 0 Å². The molecule has 0 radical (unpaired) electrons. The SMILES string of the molecule is Cn1nc(-c2cccc(-c3ccccc3)c2)cc1N. The molecule has 0 amide bonds. The molecule has 0 unspecified atom stereocenters. The van der Waals surface area contributed by atoms with E-state index in [1.807, 2.05) is 43.4 Å². The molecule has 0 saturated heterocycles. The lowest BCUT2D eigenvalue weighted by atomic mass is 10.0. The monoisotopic (exact) mass is 249 g/mol. The minimum absolute atomic E-state index is 0.667. The van der Waals surface area contributed by atoms with Crippen molar-refractivity contribution in [3.8, 4) is 22.4 Å². The van der Waals surface area contributed by atoms with Gasteiger partial charge in [0.1, 0.15) is 5.82 Å². The lowest BCUT2D eigenvalue weighted by Crippen LogP contribution is -1.96. The second-order valence-corrected chi connectivity index (χ2v) is 4.52. The predicted octanol–water partition coefficient (Wildman–Crippen LogP) is 3.34. The largest absolute Gasteiger partial charge is 0.384 e. The highest BCUT2D eigenvalue weighted by atomic mass is 15.3. The van der Waals surface area contributed by atoms with Gasteiger partial charge in [-0.25, -0.2) is 0 Å². The Bertz CT molecular complexity index is 680. The van der Waals surface area contributed by atoms with Crippen LogP contribution in [0.4, 0.5) is 5.82 Å². The van der Waals surface area contributed by atoms with Crippen LogP contribution >= 0.6 is 0 Å². The van der Waals surface area contributed by atoms with Crippen LogP contribution in [-0.2, 0) is 7.05 Å². The molecule has 94 valence electrons. The maximum Gasteiger partial charge on any atom is 0.121 e. The Morgan fingerprint density at radius 2 is 1.53 bits per heavy atom. The fraction of sp³-hybridized carbons (Fsp3) is 0.0625. The summed E-state index contributed by atoms with van der Waals surface area (Å²) in [6.45, 7) is 0. The van der Waals surface area contributed by atoms with Crippen LogP contribution in [0.1, 0.15) is 0 Å². The zero-order valence-electron chi connectivity index (χ0n) is 10.7. The van der Waals surface area contributed by atoms with Crippen LogP contribution in [0.25, 0.3) is 22.4 Å². The van der Waals surface area contributed by atoms with E-state index in [1.54, 1.807) is 4.68 Å². The second kappa shape index (κ2) is 4.61. The molecule has 0 aliphatic rings. The van der Waals surface area contributed by atoms with Gasteiger partial charge in [0.05, 0.1) is 5.69 Å². The van der Waals surface area contributed by atoms with Crippen molar-refractivity contribution in [3.63, 3.8) is 0 Å². The number of aryl methyl sites for hydroxylation is 1. The van der Waals surface area contributed by atoms with Gasteiger partial charge in [-0.05, 0) is 17.2 Å². The van der Waals surface area contributed by atoms with Crippen molar-refractivity contribution in [1.29, 1.82) is 0 Å². The van der Waals surface area contributed by atoms with E-state index in [0.29, 0.717) is 5.82 Å². The molecule has 0 atom stereocenters. The molecule has 2 N–H and O–H groups in total. The van der Waals surface area contributed by atoms with Gasteiger partial charge in [-0.15, -0.1) is 0 Å². The summed E-state index contributed by atoms with van der Waals surface area (Å²) < 4.78 is 1.69. The van der Waals surface area contributed by atoms with Crippen molar-refractivity contribution < 1.29 is 0 Å². The lowest BCUT2D eigenvalue weighted by Gasteiger charge is -2.03. The van der Waals surface area contributed by atoms with Gasteiger partial charge in [0, 0.05) is 18.7 Å². The minimum atomic E-state index is 0.667. The average molecular weight is 249 g/mol. The number of rotatable bonds is 2. The highest BCUT2D eigenvalue weighted by Crippen LogP contribution is 2.26. The molecule has 3 nitrogen and oxygen atoms in total. The van der Waals surface area contributed by atoms with Crippen molar-refractivity contribution in [2.45, 2.75) is 0 Å². The maximum absolute atomic E-state index is 5.83. The number of benzene rings is 2. The summed E-state index contributed by atoms with van der Waals surface area (Å²) in [5.74, 6) is 0.667. The third kappa shape index (κ3) is 2.22. The molecular weight excluding hydrogens is 234 g/mol. The van der Waals surface area contributed by atoms with Crippen LogP contribution < -0.4 is 5.73 Å². The Hall–Kier alpha value is -2.55. The van der Waals surface area contributed by atoms with Crippen molar-refractivity contribution >= 4 is 5.82 Å². The third-order valence-corrected chi connectivity index (χ3v) is 3.18. The Labute approximate surface area is 112 Å². The normalized spacial score (nSPS) is 10.6. The molecule has 0 aliphatic heterocycles. The predicted molar refractivity (Wildman–Crippen MR) is 78.5 cm³/mol. The number of nitrogens with zero attached hydrogens (tertiary/aromatic N) is 2. The molecule has 0 spiro atoms. The van der Waals surface area contributed by atoms with Crippen LogP contribution in [0.3, 0.4) is 0 Å². The summed E-state index contributed by atoms with van der Waals surface area (Å²) >= 11 is 0. The zero-order valence-corrected chi connectivity index (χ0v) is 10.7. The summed E-state index contributed by atoms with van der Waals surface area (Å²) in [5, 5.41) is 4.41. The van der Waals surface area contributed by atoms with E-state index in [9.17, 15) is 0 Å². The average Bonchev–Trinajstić information content (AvgIpc) is 2.80. The fourth-order valence-corrected chi connectivity index (χ4v) is 2.11. The summed E-state index contributed by atoms with van der Waals surface area (Å²) in [6.07, 6.45) is 0. The van der Waals surface area contributed by atoms with E-state index in [-0.39, 0.29) is 0 Å². The van der Waals surface area contributed by atoms with Crippen molar-refractivity contribution in [3.05, 3.63) is 60.7 Å². The Morgan fingerprint density at radius 1 is 0.842 bits per heavy atom. The molecular formula is C16H15N3. The van der Waals surface area contributed by atoms with Crippen molar-refractivity contribution in [1.82, 2.24) is 9.78 Å². The summed E-state index contributed by atoms with van der Waals surface area (Å²) in [7, 11) is 1.85. The van der Waals surface area contributed by atoms with E-state index in [1.165, 1.54) is 11.1 Å². The zero-order chi connectivity index (χ0) is 13.2. The third-order valence-electron chi connectivity index (χ3n) is 3.18. The number of hydrogen-bond donors (Lipinski definition) is 1. The van der Waals surface area contributed by atoms with Gasteiger partial charge >= 0.3 is 0 Å². The number of nitrogens with two attached hydrogens (primary N) is 1. The molecule has 3 heteroatoms. The first-order valence-electron chi connectivity index (χ1n) is 6.19. The first kappa shape index (κ1) is 11.5. The number of nitrogen functional groups attached to an aromatic ring is 1. The fourth-order valence-electron chi connectivity index (χ4n) is 2.11. The molecule has 0 saturated carbocycles. The van der Waals surface area contributed by atoms with Gasteiger partial charge in [-0.3, -0.25) is 4.68 Å². The molecule has 1 aromatic heterocycles. The molecule has 1 heterocycles. The second-order valence-electron chi connectivity index (χ2n) is 4.52. The molecule has 19 heavy (non-hydrogen) atoms. The molecule has 3 aromatic rings. The van der Waals surface area contributed by atoms with Crippen molar-refractivity contribution in [2.24, 2.45) is 7.05 Å². The van der Waals surface area contributed by atoms with Gasteiger partial charge in [-0.2, -0.15) is 5.10 Å². The minimum Gasteiger partial charge on any atom is -0.384 e. The molecule has 2 aromatic carbocycles. The summed E-state index contributed by atoms with van der Waals surface area (Å²) in [5.41, 5.74) is 10.2. The molecule has 0 bridgehead atoms. The van der Waals surface area contributed by atoms with Crippen LogP contribution in [0.15, 0.2) is 60.7 Å². The number of hydrogen-bond acceptors (Lipinski definition) is 2. The van der Waals surface area contributed by atoms with Gasteiger partial charge in [-0.1, -0.05) is 48.5 Å². The van der Waals surface area contributed by atoms with Crippen LogP contribution in [-0.4, -0.2) is 9.78 Å². The van der Waals surface area contributed by atoms with E-state index in [4.69, 9.17) is 5.73 Å². The van der Waals surface area contributed by atoms with E-state index >= 15 is 0 Å². The van der Waals surface area contributed by atoms with Crippen molar-refractivity contribution in [2.75, 3.05) is 5.73 Å². The van der Waals surface area contributed by atoms with Crippen LogP contribution in [0, 0.1) is 0 Å². The number of anilines is 1. The van der Waals surface area contributed by atoms with Gasteiger partial charge in [0.15, 0.2) is 0 Å². The molecule has 0 aliphatic carbocycles. The first-order valence-corrected chi connectivity index (χ1v) is 6.19. The summed E-state index contributed by atoms with van der Waals surface area (Å²) in [4.78, 5) is 0. The highest BCUT2D eigenvalue weighted by molar-refractivity contribution is 5.72. The Balaban J connectivity index is 2.05. The number of aromatic nitrogens is 2. The highest BCUT2D eigenvalue weighted by Gasteiger charge is 2.06. The Kier molecular flexibility index (Phi) is 2.80. The first-order chi connectivity index (χ1) is 9.24. The van der Waals surface area contributed by atoms with Crippen LogP contribution in [0.5, 0.6) is 0 Å². The molecule has 3 rings (SSSR count). The summed E-state index contributed by atoms with van der Waals surface area (Å²) in [6, 6.07) is 20.5. The standard InChI is InChI=1S/C16H15N3/c1-19-16(17)11-15(18-19)14-9-5-8-13(10-14)12-6-3-2-4-7-12/h2-11H,17H2,1H3. The quantitative estimate of drug-likeness (QED) is 0.757. The lowest BCUT2D eigenvalue weighted by molar-refractivity contribution is 0.782. The Morgan fingerprint density at radius 3 is 2.21 bits per heavy atom. The molecule has 0 fully saturated rings. The van der Waals surface area contributed by atoms with Gasteiger partial charge < -0.3 is 5.73 Å². The van der Waals surface area contributed by atoms with E-state index in [0.717, 1.165) is 11.3 Å². The maximum atomic E-state index is 5.83. The van der Waals surface area contributed by atoms with Crippen LogP contribution in [0.2, 0.25) is 0 Å². The topological polar surface area (TPSA) is 43.8 Å². The van der Waals surface area contributed by atoms with Gasteiger partial charge in [0.25, 0.3) is 0 Å². The smallest absolute Gasteiger partial charge is 0.121 e. The van der Waals surface area contributed by atoms with E-state index < -0.39 is 0 Å². The van der Waals surface area contributed by atoms with E-state index in [2.05, 4.69) is 29.4 Å².